The number of nitrogens with zero attached hydrogens (tertiary/aromatic N) is 3. The minimum atomic E-state index is -1.11. The van der Waals surface area contributed by atoms with Gasteiger partial charge in [-0.15, -0.1) is 0 Å². The van der Waals surface area contributed by atoms with Gasteiger partial charge in [0.25, 0.3) is 5.91 Å². The monoisotopic (exact) mass is 474 g/mol. The first kappa shape index (κ1) is 24.5. The van der Waals surface area contributed by atoms with Crippen molar-refractivity contribution in [2.75, 3.05) is 6.61 Å². The van der Waals surface area contributed by atoms with Crippen LogP contribution in [0.25, 0.3) is 0 Å². The Morgan fingerprint density at radius 3 is 2.40 bits per heavy atom. The molecule has 0 fully saturated rings. The Bertz CT molecular complexity index is 1200. The van der Waals surface area contributed by atoms with Crippen LogP contribution in [0.3, 0.4) is 0 Å². The first-order valence-corrected chi connectivity index (χ1v) is 12.1. The molecule has 0 spiro atoms. The predicted molar refractivity (Wildman–Crippen MR) is 135 cm³/mol. The highest BCUT2D eigenvalue weighted by atomic mass is 16.5. The van der Waals surface area contributed by atoms with Crippen LogP contribution in [0, 0.1) is 0 Å². The van der Waals surface area contributed by atoms with E-state index in [0.717, 1.165) is 22.6 Å². The second-order valence-corrected chi connectivity index (χ2v) is 10.2. The zero-order chi connectivity index (χ0) is 25.2. The Hall–Kier alpha value is -3.61. The van der Waals surface area contributed by atoms with E-state index in [2.05, 4.69) is 26.1 Å². The third-order valence-corrected chi connectivity index (χ3v) is 6.43. The highest BCUT2D eigenvalue weighted by Gasteiger charge is 2.48. The molecule has 7 heteroatoms. The van der Waals surface area contributed by atoms with Crippen molar-refractivity contribution in [3.8, 4) is 5.75 Å². The fraction of sp³-hybridized carbons (Fsp3) is 0.393. The highest BCUT2D eigenvalue weighted by molar-refractivity contribution is 5.99. The van der Waals surface area contributed by atoms with E-state index in [1.807, 2.05) is 74.5 Å². The van der Waals surface area contributed by atoms with Gasteiger partial charge in [-0.1, -0.05) is 63.2 Å². The molecule has 1 aliphatic rings. The summed E-state index contributed by atoms with van der Waals surface area (Å²) in [6, 6.07) is 19.3. The number of amides is 2. The zero-order valence-electron chi connectivity index (χ0n) is 21.2. The lowest BCUT2D eigenvalue weighted by atomic mass is 9.91. The molecule has 1 aromatic heterocycles. The van der Waals surface area contributed by atoms with E-state index in [1.54, 1.807) is 9.58 Å². The molecule has 7 nitrogen and oxygen atoms in total. The molecule has 0 unspecified atom stereocenters. The van der Waals surface area contributed by atoms with Gasteiger partial charge in [0.15, 0.2) is 0 Å². The summed E-state index contributed by atoms with van der Waals surface area (Å²) in [6.45, 7) is 11.5. The topological polar surface area (TPSA) is 76.5 Å². The molecule has 2 heterocycles. The summed E-state index contributed by atoms with van der Waals surface area (Å²) in [5.74, 6) is 0.363. The van der Waals surface area contributed by atoms with Gasteiger partial charge in [0.1, 0.15) is 17.0 Å². The van der Waals surface area contributed by atoms with Gasteiger partial charge in [-0.05, 0) is 43.2 Å². The number of benzene rings is 2. The number of rotatable bonds is 7. The molecule has 4 rings (SSSR count). The number of fused-ring (bicyclic) bond motifs is 1. The number of carbonyl (C=O) groups excluding carboxylic acids is 2. The maximum atomic E-state index is 13.8. The van der Waals surface area contributed by atoms with Gasteiger partial charge in [-0.2, -0.15) is 5.10 Å². The third-order valence-electron chi connectivity index (χ3n) is 6.43. The van der Waals surface area contributed by atoms with E-state index >= 15 is 0 Å². The molecule has 0 radical (unpaired) electrons. The van der Waals surface area contributed by atoms with Crippen LogP contribution in [0.1, 0.15) is 61.9 Å². The minimum Gasteiger partial charge on any atom is -0.494 e. The summed E-state index contributed by atoms with van der Waals surface area (Å²) in [5.41, 5.74) is 1.94. The standard InChI is InChI=1S/C28H34N4O3/c1-6-35-22-14-12-21(13-15-22)18-31-25(33)23-16-24(27(2,3)4)30-32(23)19-28(31,5)26(34)29-17-20-10-8-7-9-11-20/h7-16H,6,17-19H2,1-5H3,(H,29,34)/t28-/m0/s1. The van der Waals surface area contributed by atoms with Crippen LogP contribution in [0.2, 0.25) is 0 Å². The van der Waals surface area contributed by atoms with Gasteiger partial charge in [-0.25, -0.2) is 0 Å². The summed E-state index contributed by atoms with van der Waals surface area (Å²) in [5, 5.41) is 7.76. The van der Waals surface area contributed by atoms with Crippen molar-refractivity contribution in [3.05, 3.63) is 83.2 Å². The maximum absolute atomic E-state index is 13.8. The molecular weight excluding hydrogens is 440 g/mol. The van der Waals surface area contributed by atoms with Gasteiger partial charge in [0.2, 0.25) is 5.91 Å². The van der Waals surface area contributed by atoms with E-state index in [0.29, 0.717) is 25.4 Å². The van der Waals surface area contributed by atoms with E-state index < -0.39 is 5.54 Å². The highest BCUT2D eigenvalue weighted by Crippen LogP contribution is 2.32. The summed E-state index contributed by atoms with van der Waals surface area (Å²) >= 11 is 0. The molecule has 3 aromatic rings. The predicted octanol–water partition coefficient (Wildman–Crippen LogP) is 4.31. The Kier molecular flexibility index (Phi) is 6.70. The van der Waals surface area contributed by atoms with E-state index in [9.17, 15) is 9.59 Å². The molecule has 1 aliphatic heterocycles. The van der Waals surface area contributed by atoms with Gasteiger partial charge in [-0.3, -0.25) is 14.3 Å². The molecule has 0 aliphatic carbocycles. The third kappa shape index (κ3) is 5.09. The van der Waals surface area contributed by atoms with Crippen molar-refractivity contribution in [1.82, 2.24) is 20.0 Å². The van der Waals surface area contributed by atoms with E-state index in [4.69, 9.17) is 9.84 Å². The fourth-order valence-corrected chi connectivity index (χ4v) is 4.26. The molecule has 35 heavy (non-hydrogen) atoms. The first-order chi connectivity index (χ1) is 16.6. The molecule has 184 valence electrons. The van der Waals surface area contributed by atoms with Crippen LogP contribution in [-0.2, 0) is 29.8 Å². The van der Waals surface area contributed by atoms with Crippen molar-refractivity contribution in [1.29, 1.82) is 0 Å². The van der Waals surface area contributed by atoms with Crippen molar-refractivity contribution in [3.63, 3.8) is 0 Å². The summed E-state index contributed by atoms with van der Waals surface area (Å²) in [4.78, 5) is 29.1. The molecule has 0 bridgehead atoms. The lowest BCUT2D eigenvalue weighted by Crippen LogP contribution is -2.63. The van der Waals surface area contributed by atoms with E-state index in [1.165, 1.54) is 0 Å². The molecule has 0 saturated carbocycles. The lowest BCUT2D eigenvalue weighted by molar-refractivity contribution is -0.133. The number of hydrogen-bond donors (Lipinski definition) is 1. The minimum absolute atomic E-state index is 0.203. The smallest absolute Gasteiger partial charge is 0.273 e. The average molecular weight is 475 g/mol. The SMILES string of the molecule is CCOc1ccc(CN2C(=O)c3cc(C(C)(C)C)nn3C[C@@]2(C)C(=O)NCc2ccccc2)cc1. The quantitative estimate of drug-likeness (QED) is 0.554. The van der Waals surface area contributed by atoms with E-state index in [-0.39, 0.29) is 23.8 Å². The van der Waals surface area contributed by atoms with Crippen LogP contribution < -0.4 is 10.1 Å². The zero-order valence-corrected chi connectivity index (χ0v) is 21.2. The molecule has 2 aromatic carbocycles. The van der Waals surface area contributed by atoms with Crippen LogP contribution in [0.5, 0.6) is 5.75 Å². The van der Waals surface area contributed by atoms with Crippen LogP contribution in [-0.4, -0.2) is 38.6 Å². The van der Waals surface area contributed by atoms with Gasteiger partial charge in [0, 0.05) is 18.5 Å². The van der Waals surface area contributed by atoms with Gasteiger partial charge >= 0.3 is 0 Å². The lowest BCUT2D eigenvalue weighted by Gasteiger charge is -2.43. The van der Waals surface area contributed by atoms with Crippen molar-refractivity contribution < 1.29 is 14.3 Å². The molecule has 1 atom stereocenters. The Morgan fingerprint density at radius 2 is 1.77 bits per heavy atom. The molecule has 0 saturated heterocycles. The van der Waals surface area contributed by atoms with Gasteiger partial charge < -0.3 is 15.0 Å². The van der Waals surface area contributed by atoms with Crippen molar-refractivity contribution in [2.45, 2.75) is 65.2 Å². The number of aromatic nitrogens is 2. The second-order valence-electron chi connectivity index (χ2n) is 10.2. The molecular formula is C28H34N4O3. The summed E-state index contributed by atoms with van der Waals surface area (Å²) in [7, 11) is 0. The number of ether oxygens (including phenoxy) is 1. The Labute approximate surface area is 207 Å². The number of nitrogens with one attached hydrogen (secondary N) is 1. The summed E-state index contributed by atoms with van der Waals surface area (Å²) in [6.07, 6.45) is 0. The Morgan fingerprint density at radius 1 is 1.09 bits per heavy atom. The number of hydrogen-bond acceptors (Lipinski definition) is 4. The fourth-order valence-electron chi connectivity index (χ4n) is 4.26. The largest absolute Gasteiger partial charge is 0.494 e. The van der Waals surface area contributed by atoms with Crippen LogP contribution in [0.15, 0.2) is 60.7 Å². The molecule has 1 N–H and O–H groups in total. The first-order valence-electron chi connectivity index (χ1n) is 12.1. The molecule has 2 amide bonds. The van der Waals surface area contributed by atoms with Crippen LogP contribution >= 0.6 is 0 Å². The normalized spacial score (nSPS) is 17.7. The van der Waals surface area contributed by atoms with Crippen molar-refractivity contribution >= 4 is 11.8 Å². The Balaban J connectivity index is 1.66. The maximum Gasteiger partial charge on any atom is 0.273 e. The average Bonchev–Trinajstić information content (AvgIpc) is 3.27. The second kappa shape index (κ2) is 9.56. The van der Waals surface area contributed by atoms with Crippen LogP contribution in [0.4, 0.5) is 0 Å². The van der Waals surface area contributed by atoms with Gasteiger partial charge in [0.05, 0.1) is 18.8 Å². The van der Waals surface area contributed by atoms with Crippen molar-refractivity contribution in [2.24, 2.45) is 0 Å². The number of carbonyl (C=O) groups is 2. The summed E-state index contributed by atoms with van der Waals surface area (Å²) < 4.78 is 7.24.